The molecule has 0 heterocycles. The van der Waals surface area contributed by atoms with Gasteiger partial charge >= 0.3 is 5.97 Å². The molecule has 0 aliphatic carbocycles. The average molecular weight is 260 g/mol. The second-order valence-electron chi connectivity index (χ2n) is 5.37. The van der Waals surface area contributed by atoms with Crippen LogP contribution in [-0.4, -0.2) is 17.4 Å². The van der Waals surface area contributed by atoms with Crippen LogP contribution in [0.1, 0.15) is 44.5 Å². The second kappa shape index (κ2) is 6.32. The standard InChI is InChI=1S/C16H20O3/c1-12(10-11-14(17)19-16(2,3)4)15(18)13-8-6-5-7-9-13/h5-10H,11H2,1-4H3/b12-10-. The summed E-state index contributed by atoms with van der Waals surface area (Å²) in [5, 5.41) is 0. The smallest absolute Gasteiger partial charge is 0.310 e. The Hall–Kier alpha value is -1.90. The predicted octanol–water partition coefficient (Wildman–Crippen LogP) is 3.55. The fraction of sp³-hybridized carbons (Fsp3) is 0.375. The molecule has 3 nitrogen and oxygen atoms in total. The van der Waals surface area contributed by atoms with Crippen LogP contribution in [0.2, 0.25) is 0 Å². The van der Waals surface area contributed by atoms with Crippen molar-refractivity contribution >= 4 is 11.8 Å². The van der Waals surface area contributed by atoms with Gasteiger partial charge in [-0.15, -0.1) is 0 Å². The summed E-state index contributed by atoms with van der Waals surface area (Å²) >= 11 is 0. The number of esters is 1. The molecule has 0 aromatic heterocycles. The van der Waals surface area contributed by atoms with Crippen molar-refractivity contribution < 1.29 is 14.3 Å². The van der Waals surface area contributed by atoms with E-state index in [1.807, 2.05) is 39.0 Å². The largest absolute Gasteiger partial charge is 0.460 e. The van der Waals surface area contributed by atoms with Gasteiger partial charge in [-0.1, -0.05) is 36.4 Å². The fourth-order valence-electron chi connectivity index (χ4n) is 1.53. The Balaban J connectivity index is 2.63. The van der Waals surface area contributed by atoms with E-state index in [1.54, 1.807) is 25.1 Å². The minimum Gasteiger partial charge on any atom is -0.460 e. The number of hydrogen-bond acceptors (Lipinski definition) is 3. The van der Waals surface area contributed by atoms with Gasteiger partial charge in [0.1, 0.15) is 5.60 Å². The summed E-state index contributed by atoms with van der Waals surface area (Å²) in [5.74, 6) is -0.392. The van der Waals surface area contributed by atoms with Gasteiger partial charge in [0.25, 0.3) is 0 Å². The summed E-state index contributed by atoms with van der Waals surface area (Å²) in [4.78, 5) is 23.6. The van der Waals surface area contributed by atoms with Gasteiger partial charge in [0.2, 0.25) is 0 Å². The van der Waals surface area contributed by atoms with Crippen LogP contribution in [-0.2, 0) is 9.53 Å². The van der Waals surface area contributed by atoms with Gasteiger partial charge in [-0.05, 0) is 33.3 Å². The highest BCUT2D eigenvalue weighted by Gasteiger charge is 2.15. The van der Waals surface area contributed by atoms with Crippen molar-refractivity contribution in [1.82, 2.24) is 0 Å². The SMILES string of the molecule is C/C(=C/CC(=O)OC(C)(C)C)C(=O)c1ccccc1. The molecule has 0 amide bonds. The minimum atomic E-state index is -0.498. The summed E-state index contributed by atoms with van der Waals surface area (Å²) in [5.41, 5.74) is 0.680. The van der Waals surface area contributed by atoms with Crippen LogP contribution in [0.4, 0.5) is 0 Å². The third-order valence-corrected chi connectivity index (χ3v) is 2.39. The predicted molar refractivity (Wildman–Crippen MR) is 75.0 cm³/mol. The molecule has 0 fully saturated rings. The molecule has 0 unspecified atom stereocenters. The van der Waals surface area contributed by atoms with E-state index in [0.717, 1.165) is 0 Å². The molecular formula is C16H20O3. The summed E-state index contributed by atoms with van der Waals surface area (Å²) < 4.78 is 5.18. The van der Waals surface area contributed by atoms with Gasteiger partial charge in [-0.3, -0.25) is 9.59 Å². The molecule has 0 N–H and O–H groups in total. The number of Topliss-reactive ketones (excluding diaryl/α,β-unsaturated/α-hetero) is 1. The van der Waals surface area contributed by atoms with E-state index in [9.17, 15) is 9.59 Å². The van der Waals surface area contributed by atoms with Crippen molar-refractivity contribution in [3.05, 3.63) is 47.5 Å². The van der Waals surface area contributed by atoms with Gasteiger partial charge in [0, 0.05) is 5.56 Å². The molecule has 1 aromatic rings. The first-order valence-electron chi connectivity index (χ1n) is 6.28. The molecule has 0 spiro atoms. The van der Waals surface area contributed by atoms with Crippen molar-refractivity contribution in [2.24, 2.45) is 0 Å². The van der Waals surface area contributed by atoms with E-state index in [4.69, 9.17) is 4.74 Å². The van der Waals surface area contributed by atoms with Crippen LogP contribution < -0.4 is 0 Å². The van der Waals surface area contributed by atoms with E-state index in [0.29, 0.717) is 11.1 Å². The molecule has 19 heavy (non-hydrogen) atoms. The highest BCUT2D eigenvalue weighted by Crippen LogP contribution is 2.11. The molecule has 0 radical (unpaired) electrons. The van der Waals surface area contributed by atoms with Gasteiger partial charge < -0.3 is 4.74 Å². The zero-order chi connectivity index (χ0) is 14.5. The number of ether oxygens (including phenoxy) is 1. The lowest BCUT2D eigenvalue weighted by Gasteiger charge is -2.18. The maximum absolute atomic E-state index is 12.0. The third kappa shape index (κ3) is 5.51. The summed E-state index contributed by atoms with van der Waals surface area (Å²) in [7, 11) is 0. The van der Waals surface area contributed by atoms with E-state index < -0.39 is 5.60 Å². The molecular weight excluding hydrogens is 240 g/mol. The first kappa shape index (κ1) is 15.2. The fourth-order valence-corrected chi connectivity index (χ4v) is 1.53. The van der Waals surface area contributed by atoms with Crippen molar-refractivity contribution in [3.8, 4) is 0 Å². The minimum absolute atomic E-state index is 0.0656. The van der Waals surface area contributed by atoms with Crippen molar-refractivity contribution in [1.29, 1.82) is 0 Å². The maximum atomic E-state index is 12.0. The summed E-state index contributed by atoms with van der Waals surface area (Å²) in [6.07, 6.45) is 1.73. The molecule has 0 bridgehead atoms. The Morgan fingerprint density at radius 2 is 1.74 bits per heavy atom. The molecule has 0 saturated carbocycles. The van der Waals surface area contributed by atoms with Gasteiger partial charge in [-0.25, -0.2) is 0 Å². The normalized spacial score (nSPS) is 12.1. The second-order valence-corrected chi connectivity index (χ2v) is 5.37. The van der Waals surface area contributed by atoms with E-state index >= 15 is 0 Å². The highest BCUT2D eigenvalue weighted by molar-refractivity contribution is 6.08. The lowest BCUT2D eigenvalue weighted by molar-refractivity contribution is -0.153. The van der Waals surface area contributed by atoms with E-state index in [1.165, 1.54) is 0 Å². The Labute approximate surface area is 114 Å². The Bertz CT molecular complexity index is 478. The topological polar surface area (TPSA) is 43.4 Å². The zero-order valence-corrected chi connectivity index (χ0v) is 11.9. The number of rotatable bonds is 4. The van der Waals surface area contributed by atoms with Crippen LogP contribution in [0.25, 0.3) is 0 Å². The first-order valence-corrected chi connectivity index (χ1v) is 6.28. The van der Waals surface area contributed by atoms with Gasteiger partial charge in [0.05, 0.1) is 6.42 Å². The molecule has 0 aliphatic rings. The van der Waals surface area contributed by atoms with Crippen molar-refractivity contribution in [2.75, 3.05) is 0 Å². The quantitative estimate of drug-likeness (QED) is 0.472. The Kier molecular flexibility index (Phi) is 5.04. The number of carbonyl (C=O) groups is 2. The monoisotopic (exact) mass is 260 g/mol. The lowest BCUT2D eigenvalue weighted by Crippen LogP contribution is -2.23. The number of benzene rings is 1. The zero-order valence-electron chi connectivity index (χ0n) is 11.9. The molecule has 102 valence electrons. The van der Waals surface area contributed by atoms with E-state index in [-0.39, 0.29) is 18.2 Å². The van der Waals surface area contributed by atoms with Crippen LogP contribution >= 0.6 is 0 Å². The lowest BCUT2D eigenvalue weighted by atomic mass is 10.0. The van der Waals surface area contributed by atoms with Crippen LogP contribution in [0.3, 0.4) is 0 Å². The maximum Gasteiger partial charge on any atom is 0.310 e. The Morgan fingerprint density at radius 3 is 2.26 bits per heavy atom. The molecule has 3 heteroatoms. The number of hydrogen-bond donors (Lipinski definition) is 0. The molecule has 0 atom stereocenters. The highest BCUT2D eigenvalue weighted by atomic mass is 16.6. The summed E-state index contributed by atoms with van der Waals surface area (Å²) in [6.45, 7) is 7.16. The molecule has 1 aromatic carbocycles. The van der Waals surface area contributed by atoms with Crippen molar-refractivity contribution in [2.45, 2.75) is 39.7 Å². The Morgan fingerprint density at radius 1 is 1.16 bits per heavy atom. The van der Waals surface area contributed by atoms with E-state index in [2.05, 4.69) is 0 Å². The molecule has 1 rings (SSSR count). The number of allylic oxidation sites excluding steroid dienone is 1. The molecule has 0 aliphatic heterocycles. The van der Waals surface area contributed by atoms with Crippen molar-refractivity contribution in [3.63, 3.8) is 0 Å². The summed E-state index contributed by atoms with van der Waals surface area (Å²) in [6, 6.07) is 9.00. The average Bonchev–Trinajstić information content (AvgIpc) is 2.34. The number of ketones is 1. The third-order valence-electron chi connectivity index (χ3n) is 2.39. The van der Waals surface area contributed by atoms with Crippen LogP contribution in [0.15, 0.2) is 42.0 Å². The van der Waals surface area contributed by atoms with Crippen LogP contribution in [0, 0.1) is 0 Å². The molecule has 0 saturated heterocycles. The van der Waals surface area contributed by atoms with Gasteiger partial charge in [0.15, 0.2) is 5.78 Å². The van der Waals surface area contributed by atoms with Crippen LogP contribution in [0.5, 0.6) is 0 Å². The number of carbonyl (C=O) groups excluding carboxylic acids is 2. The first-order chi connectivity index (χ1) is 8.79. The van der Waals surface area contributed by atoms with Gasteiger partial charge in [-0.2, -0.15) is 0 Å².